The molecular formula is C19H23NO3S. The number of amides is 1. The monoisotopic (exact) mass is 345 g/mol. The fourth-order valence-corrected chi connectivity index (χ4v) is 2.94. The highest BCUT2D eigenvalue weighted by Gasteiger charge is 2.22. The van der Waals surface area contributed by atoms with E-state index in [0.717, 1.165) is 16.7 Å². The van der Waals surface area contributed by atoms with Crippen molar-refractivity contribution in [1.29, 1.82) is 0 Å². The van der Waals surface area contributed by atoms with Crippen LogP contribution in [0.5, 0.6) is 0 Å². The molecule has 128 valence electrons. The van der Waals surface area contributed by atoms with Crippen molar-refractivity contribution in [3.05, 3.63) is 46.2 Å². The molecule has 2 rings (SSSR count). The summed E-state index contributed by atoms with van der Waals surface area (Å²) in [7, 11) is 0. The highest BCUT2D eigenvalue weighted by Crippen LogP contribution is 2.29. The summed E-state index contributed by atoms with van der Waals surface area (Å²) >= 11 is 1.32. The Labute approximate surface area is 146 Å². The number of carbonyl (C=O) groups excluding carboxylic acids is 2. The predicted molar refractivity (Wildman–Crippen MR) is 97.2 cm³/mol. The second-order valence-electron chi connectivity index (χ2n) is 6.22. The molecule has 5 heteroatoms. The molecule has 0 unspecified atom stereocenters. The quantitative estimate of drug-likeness (QED) is 0.804. The molecule has 0 aliphatic heterocycles. The van der Waals surface area contributed by atoms with Crippen LogP contribution in [0.2, 0.25) is 0 Å². The molecule has 0 radical (unpaired) electrons. The summed E-state index contributed by atoms with van der Waals surface area (Å²) < 4.78 is 5.33. The zero-order chi connectivity index (χ0) is 17.7. The SMILES string of the molecule is Cc1ccc(-c2ccsc2C(=O)O[C@H](C)C(=O)NCC(C)C)cc1. The minimum atomic E-state index is -0.816. The lowest BCUT2D eigenvalue weighted by Gasteiger charge is -2.14. The Kier molecular flexibility index (Phi) is 6.15. The van der Waals surface area contributed by atoms with Crippen molar-refractivity contribution in [2.75, 3.05) is 6.54 Å². The molecule has 0 saturated carbocycles. The van der Waals surface area contributed by atoms with E-state index in [1.807, 2.05) is 56.5 Å². The van der Waals surface area contributed by atoms with E-state index in [2.05, 4.69) is 5.32 Å². The number of nitrogens with one attached hydrogen (secondary N) is 1. The van der Waals surface area contributed by atoms with Gasteiger partial charge >= 0.3 is 5.97 Å². The van der Waals surface area contributed by atoms with Gasteiger partial charge in [-0.15, -0.1) is 11.3 Å². The molecule has 24 heavy (non-hydrogen) atoms. The highest BCUT2D eigenvalue weighted by atomic mass is 32.1. The molecule has 0 aliphatic rings. The van der Waals surface area contributed by atoms with Gasteiger partial charge in [0, 0.05) is 12.1 Å². The van der Waals surface area contributed by atoms with Crippen LogP contribution in [-0.4, -0.2) is 24.5 Å². The first-order valence-corrected chi connectivity index (χ1v) is 8.89. The predicted octanol–water partition coefficient (Wildman–Crippen LogP) is 4.04. The number of carbonyl (C=O) groups is 2. The molecule has 0 spiro atoms. The molecule has 1 aromatic carbocycles. The van der Waals surface area contributed by atoms with Crippen LogP contribution < -0.4 is 5.32 Å². The Morgan fingerprint density at radius 3 is 2.42 bits per heavy atom. The molecular weight excluding hydrogens is 322 g/mol. The fourth-order valence-electron chi connectivity index (χ4n) is 2.14. The number of rotatable bonds is 6. The Balaban J connectivity index is 2.07. The third kappa shape index (κ3) is 4.68. The van der Waals surface area contributed by atoms with Crippen molar-refractivity contribution in [2.45, 2.75) is 33.8 Å². The van der Waals surface area contributed by atoms with Gasteiger partial charge in [0.25, 0.3) is 5.91 Å². The largest absolute Gasteiger partial charge is 0.448 e. The minimum Gasteiger partial charge on any atom is -0.448 e. The van der Waals surface area contributed by atoms with Gasteiger partial charge in [-0.05, 0) is 36.8 Å². The van der Waals surface area contributed by atoms with Crippen LogP contribution in [-0.2, 0) is 9.53 Å². The number of hydrogen-bond acceptors (Lipinski definition) is 4. The summed E-state index contributed by atoms with van der Waals surface area (Å²) in [6.45, 7) is 8.19. The molecule has 0 saturated heterocycles. The van der Waals surface area contributed by atoms with Crippen LogP contribution in [0, 0.1) is 12.8 Å². The van der Waals surface area contributed by atoms with Gasteiger partial charge in [-0.2, -0.15) is 0 Å². The van der Waals surface area contributed by atoms with Gasteiger partial charge in [0.15, 0.2) is 6.10 Å². The number of benzene rings is 1. The van der Waals surface area contributed by atoms with E-state index in [1.165, 1.54) is 11.3 Å². The first-order valence-electron chi connectivity index (χ1n) is 8.01. The lowest BCUT2D eigenvalue weighted by Crippen LogP contribution is -2.37. The van der Waals surface area contributed by atoms with Crippen molar-refractivity contribution in [1.82, 2.24) is 5.32 Å². The topological polar surface area (TPSA) is 55.4 Å². The van der Waals surface area contributed by atoms with Crippen LogP contribution in [0.1, 0.15) is 36.0 Å². The number of esters is 1. The smallest absolute Gasteiger partial charge is 0.349 e. The summed E-state index contributed by atoms with van der Waals surface area (Å²) in [5.74, 6) is -0.388. The number of thiophene rings is 1. The fraction of sp³-hybridized carbons (Fsp3) is 0.368. The normalized spacial score (nSPS) is 12.0. The van der Waals surface area contributed by atoms with Gasteiger partial charge in [-0.1, -0.05) is 43.7 Å². The average Bonchev–Trinajstić information content (AvgIpc) is 3.02. The molecule has 1 N–H and O–H groups in total. The Morgan fingerprint density at radius 2 is 1.79 bits per heavy atom. The standard InChI is InChI=1S/C19H23NO3S/c1-12(2)11-20-18(21)14(4)23-19(22)17-16(9-10-24-17)15-7-5-13(3)6-8-15/h5-10,12,14H,11H2,1-4H3,(H,20,21)/t14-/m1/s1. The zero-order valence-corrected chi connectivity index (χ0v) is 15.3. The molecule has 1 heterocycles. The van der Waals surface area contributed by atoms with Crippen LogP contribution >= 0.6 is 11.3 Å². The second kappa shape index (κ2) is 8.11. The van der Waals surface area contributed by atoms with Gasteiger partial charge in [0.2, 0.25) is 0 Å². The maximum absolute atomic E-state index is 12.4. The van der Waals surface area contributed by atoms with Gasteiger partial charge in [0.05, 0.1) is 0 Å². The van der Waals surface area contributed by atoms with Crippen LogP contribution in [0.4, 0.5) is 0 Å². The molecule has 1 atom stereocenters. The lowest BCUT2D eigenvalue weighted by molar-refractivity contribution is -0.129. The third-order valence-corrected chi connectivity index (χ3v) is 4.45. The number of ether oxygens (including phenoxy) is 1. The van der Waals surface area contributed by atoms with Gasteiger partial charge in [0.1, 0.15) is 4.88 Å². The molecule has 1 amide bonds. The maximum Gasteiger partial charge on any atom is 0.349 e. The molecule has 1 aromatic heterocycles. The van der Waals surface area contributed by atoms with Crippen LogP contribution in [0.25, 0.3) is 11.1 Å². The highest BCUT2D eigenvalue weighted by molar-refractivity contribution is 7.12. The van der Waals surface area contributed by atoms with E-state index in [4.69, 9.17) is 4.74 Å². The summed E-state index contributed by atoms with van der Waals surface area (Å²) in [6.07, 6.45) is -0.816. The Morgan fingerprint density at radius 1 is 1.12 bits per heavy atom. The Hall–Kier alpha value is -2.14. The van der Waals surface area contributed by atoms with Crippen molar-refractivity contribution in [3.63, 3.8) is 0 Å². The summed E-state index contributed by atoms with van der Waals surface area (Å²) in [6, 6.07) is 9.86. The first kappa shape index (κ1) is 18.2. The third-order valence-electron chi connectivity index (χ3n) is 3.55. The van der Waals surface area contributed by atoms with Gasteiger partial charge in [-0.3, -0.25) is 4.79 Å². The lowest BCUT2D eigenvalue weighted by atomic mass is 10.1. The van der Waals surface area contributed by atoms with E-state index in [9.17, 15) is 9.59 Å². The van der Waals surface area contributed by atoms with Gasteiger partial charge in [-0.25, -0.2) is 4.79 Å². The summed E-state index contributed by atoms with van der Waals surface area (Å²) in [4.78, 5) is 24.9. The number of hydrogen-bond donors (Lipinski definition) is 1. The van der Waals surface area contributed by atoms with Crippen molar-refractivity contribution in [3.8, 4) is 11.1 Å². The van der Waals surface area contributed by atoms with Crippen molar-refractivity contribution in [2.24, 2.45) is 5.92 Å². The molecule has 4 nitrogen and oxygen atoms in total. The van der Waals surface area contributed by atoms with E-state index < -0.39 is 12.1 Å². The van der Waals surface area contributed by atoms with E-state index in [1.54, 1.807) is 6.92 Å². The van der Waals surface area contributed by atoms with Crippen molar-refractivity contribution >= 4 is 23.2 Å². The van der Waals surface area contributed by atoms with E-state index >= 15 is 0 Å². The van der Waals surface area contributed by atoms with Crippen molar-refractivity contribution < 1.29 is 14.3 Å². The second-order valence-corrected chi connectivity index (χ2v) is 7.13. The Bertz CT molecular complexity index is 704. The van der Waals surface area contributed by atoms with Crippen LogP contribution in [0.15, 0.2) is 35.7 Å². The van der Waals surface area contributed by atoms with Gasteiger partial charge < -0.3 is 10.1 Å². The zero-order valence-electron chi connectivity index (χ0n) is 14.5. The summed E-state index contributed by atoms with van der Waals surface area (Å²) in [5, 5.41) is 4.63. The number of aryl methyl sites for hydroxylation is 1. The summed E-state index contributed by atoms with van der Waals surface area (Å²) in [5.41, 5.74) is 2.96. The average molecular weight is 345 g/mol. The molecule has 0 fully saturated rings. The molecule has 0 aliphatic carbocycles. The minimum absolute atomic E-state index is 0.273. The van der Waals surface area contributed by atoms with E-state index in [-0.39, 0.29) is 5.91 Å². The van der Waals surface area contributed by atoms with Crippen LogP contribution in [0.3, 0.4) is 0 Å². The molecule has 2 aromatic rings. The first-order chi connectivity index (χ1) is 11.4. The maximum atomic E-state index is 12.4. The van der Waals surface area contributed by atoms with E-state index in [0.29, 0.717) is 17.3 Å². The molecule has 0 bridgehead atoms.